The Hall–Kier alpha value is -1.03. The molecule has 0 rings (SSSR count). The summed E-state index contributed by atoms with van der Waals surface area (Å²) >= 11 is 0. The van der Waals surface area contributed by atoms with Crippen molar-refractivity contribution >= 4 is 16.2 Å². The number of nitrogens with zero attached hydrogens (tertiary/aromatic N) is 1. The second-order valence-corrected chi connectivity index (χ2v) is 4.41. The van der Waals surface area contributed by atoms with Crippen LogP contribution in [-0.4, -0.2) is 56.1 Å². The fourth-order valence-corrected chi connectivity index (χ4v) is 0.908. The Kier molecular flexibility index (Phi) is 4.56. The van der Waals surface area contributed by atoms with Gasteiger partial charge in [0, 0.05) is 14.1 Å². The Morgan fingerprint density at radius 1 is 1.50 bits per heavy atom. The highest BCUT2D eigenvalue weighted by atomic mass is 32.2. The lowest BCUT2D eigenvalue weighted by atomic mass is 10.4. The quantitative estimate of drug-likeness (QED) is 0.675. The van der Waals surface area contributed by atoms with Crippen molar-refractivity contribution in [3.05, 3.63) is 0 Å². The minimum absolute atomic E-state index is 0.816. The highest BCUT2D eigenvalue weighted by Gasteiger charge is 2.48. The number of hydrogen-bond acceptors (Lipinski definition) is 5. The molecule has 96 valence electrons. The zero-order valence-electron chi connectivity index (χ0n) is 8.32. The van der Waals surface area contributed by atoms with Gasteiger partial charge in [-0.1, -0.05) is 0 Å². The van der Waals surface area contributed by atoms with E-state index < -0.39 is 34.2 Å². The maximum Gasteiger partial charge on any atom is 0.409 e. The van der Waals surface area contributed by atoms with E-state index in [4.69, 9.17) is 0 Å². The lowest BCUT2D eigenvalue weighted by molar-refractivity contribution is -0.0336. The third-order valence-electron chi connectivity index (χ3n) is 1.42. The normalized spacial score (nSPS) is 14.4. The molecule has 0 aliphatic heterocycles. The number of hydrogen-bond donors (Lipinski definition) is 0. The SMILES string of the molecule is CN(C)C(=O)OCC(F)C(F)(F)S(=O)(=O)[O-]. The van der Waals surface area contributed by atoms with Crippen molar-refractivity contribution in [3.8, 4) is 0 Å². The first-order chi connectivity index (χ1) is 7.00. The van der Waals surface area contributed by atoms with E-state index in [-0.39, 0.29) is 0 Å². The molecule has 0 spiro atoms. The molecule has 0 aliphatic rings. The molecule has 0 N–H and O–H groups in total. The van der Waals surface area contributed by atoms with E-state index in [1.165, 1.54) is 14.1 Å². The van der Waals surface area contributed by atoms with Gasteiger partial charge in [0.15, 0.2) is 10.1 Å². The van der Waals surface area contributed by atoms with Crippen LogP contribution < -0.4 is 0 Å². The average molecular weight is 264 g/mol. The summed E-state index contributed by atoms with van der Waals surface area (Å²) in [7, 11) is -3.72. The molecule has 0 saturated carbocycles. The lowest BCUT2D eigenvalue weighted by Crippen LogP contribution is -2.42. The zero-order chi connectivity index (χ0) is 13.1. The summed E-state index contributed by atoms with van der Waals surface area (Å²) < 4.78 is 71.6. The average Bonchev–Trinajstić information content (AvgIpc) is 2.11. The molecule has 1 unspecified atom stereocenters. The van der Waals surface area contributed by atoms with Gasteiger partial charge in [-0.05, 0) is 0 Å². The van der Waals surface area contributed by atoms with E-state index in [2.05, 4.69) is 4.74 Å². The van der Waals surface area contributed by atoms with Gasteiger partial charge in [-0.15, -0.1) is 0 Å². The largest absolute Gasteiger partial charge is 0.743 e. The van der Waals surface area contributed by atoms with E-state index in [0.717, 1.165) is 4.90 Å². The lowest BCUT2D eigenvalue weighted by Gasteiger charge is -2.23. The fourth-order valence-electron chi connectivity index (χ4n) is 0.527. The van der Waals surface area contributed by atoms with Crippen molar-refractivity contribution < 1.29 is 35.7 Å². The van der Waals surface area contributed by atoms with Gasteiger partial charge < -0.3 is 14.2 Å². The predicted molar refractivity (Wildman–Crippen MR) is 44.6 cm³/mol. The summed E-state index contributed by atoms with van der Waals surface area (Å²) in [5.74, 6) is 0. The van der Waals surface area contributed by atoms with Gasteiger partial charge in [0.25, 0.3) is 0 Å². The minimum Gasteiger partial charge on any atom is -0.743 e. The molecule has 0 aliphatic carbocycles. The summed E-state index contributed by atoms with van der Waals surface area (Å²) in [5.41, 5.74) is 0. The van der Waals surface area contributed by atoms with Gasteiger partial charge in [0.1, 0.15) is 6.61 Å². The van der Waals surface area contributed by atoms with Crippen molar-refractivity contribution in [1.82, 2.24) is 4.90 Å². The van der Waals surface area contributed by atoms with Crippen molar-refractivity contribution in [2.75, 3.05) is 20.7 Å². The molecule has 16 heavy (non-hydrogen) atoms. The van der Waals surface area contributed by atoms with Crippen LogP contribution in [0.4, 0.5) is 18.0 Å². The van der Waals surface area contributed by atoms with Crippen LogP contribution in [0.5, 0.6) is 0 Å². The summed E-state index contributed by atoms with van der Waals surface area (Å²) in [5, 5.41) is -5.13. The van der Waals surface area contributed by atoms with Crippen LogP contribution in [-0.2, 0) is 14.9 Å². The Balaban J connectivity index is 4.49. The molecule has 0 aromatic rings. The summed E-state index contributed by atoms with van der Waals surface area (Å²) in [4.78, 5) is 11.5. The first kappa shape index (κ1) is 15.0. The zero-order valence-corrected chi connectivity index (χ0v) is 9.13. The molecule has 0 aromatic carbocycles. The van der Waals surface area contributed by atoms with Gasteiger partial charge in [-0.3, -0.25) is 0 Å². The number of amides is 1. The highest BCUT2D eigenvalue weighted by molar-refractivity contribution is 7.86. The fraction of sp³-hybridized carbons (Fsp3) is 0.833. The molecule has 0 radical (unpaired) electrons. The van der Waals surface area contributed by atoms with Crippen molar-refractivity contribution in [3.63, 3.8) is 0 Å². The van der Waals surface area contributed by atoms with E-state index in [9.17, 15) is 30.9 Å². The molecular formula is C6H9F3NO5S-. The topological polar surface area (TPSA) is 86.7 Å². The number of carbonyl (C=O) groups is 1. The van der Waals surface area contributed by atoms with Crippen molar-refractivity contribution in [2.24, 2.45) is 0 Å². The van der Waals surface area contributed by atoms with Crippen molar-refractivity contribution in [2.45, 2.75) is 11.4 Å². The predicted octanol–water partition coefficient (Wildman–Crippen LogP) is 0.161. The standard InChI is InChI=1S/C6H10F3NO5S/c1-10(2)5(11)15-3-4(7)6(8,9)16(12,13)14/h4H,3H2,1-2H3,(H,12,13,14)/p-1. The second kappa shape index (κ2) is 4.87. The summed E-state index contributed by atoms with van der Waals surface area (Å²) in [6.45, 7) is -1.52. The molecule has 0 aromatic heterocycles. The van der Waals surface area contributed by atoms with E-state index in [1.807, 2.05) is 0 Å². The number of alkyl halides is 3. The van der Waals surface area contributed by atoms with Crippen molar-refractivity contribution in [1.29, 1.82) is 0 Å². The highest BCUT2D eigenvalue weighted by Crippen LogP contribution is 2.27. The minimum atomic E-state index is -6.13. The Morgan fingerprint density at radius 3 is 2.25 bits per heavy atom. The number of ether oxygens (including phenoxy) is 1. The van der Waals surface area contributed by atoms with Crippen LogP contribution in [0.1, 0.15) is 0 Å². The summed E-state index contributed by atoms with van der Waals surface area (Å²) in [6.07, 6.45) is -4.54. The Labute approximate surface area is 89.7 Å². The van der Waals surface area contributed by atoms with Crippen LogP contribution in [0, 0.1) is 0 Å². The first-order valence-corrected chi connectivity index (χ1v) is 5.22. The molecule has 0 fully saturated rings. The number of halogens is 3. The summed E-state index contributed by atoms with van der Waals surface area (Å²) in [6, 6.07) is 0. The van der Waals surface area contributed by atoms with Gasteiger partial charge in [0.05, 0.1) is 0 Å². The molecule has 1 atom stereocenters. The second-order valence-electron chi connectivity index (χ2n) is 2.95. The van der Waals surface area contributed by atoms with E-state index >= 15 is 0 Å². The van der Waals surface area contributed by atoms with Crippen LogP contribution in [0.25, 0.3) is 0 Å². The molecular weight excluding hydrogens is 255 g/mol. The Morgan fingerprint density at radius 2 is 1.94 bits per heavy atom. The molecule has 10 heteroatoms. The first-order valence-electron chi connectivity index (χ1n) is 3.81. The van der Waals surface area contributed by atoms with Gasteiger partial charge in [0.2, 0.25) is 6.17 Å². The van der Waals surface area contributed by atoms with Gasteiger partial charge in [-0.25, -0.2) is 17.6 Å². The third kappa shape index (κ3) is 3.52. The number of rotatable bonds is 4. The molecule has 0 bridgehead atoms. The monoisotopic (exact) mass is 264 g/mol. The van der Waals surface area contributed by atoms with Crippen LogP contribution in [0.15, 0.2) is 0 Å². The van der Waals surface area contributed by atoms with E-state index in [0.29, 0.717) is 0 Å². The molecule has 6 nitrogen and oxygen atoms in total. The number of carbonyl (C=O) groups excluding carboxylic acids is 1. The van der Waals surface area contributed by atoms with Gasteiger partial charge >= 0.3 is 11.3 Å². The van der Waals surface area contributed by atoms with E-state index in [1.54, 1.807) is 0 Å². The maximum atomic E-state index is 12.7. The van der Waals surface area contributed by atoms with Crippen LogP contribution >= 0.6 is 0 Å². The maximum absolute atomic E-state index is 12.7. The van der Waals surface area contributed by atoms with Gasteiger partial charge in [-0.2, -0.15) is 8.78 Å². The molecule has 0 heterocycles. The Bertz CT molecular complexity index is 355. The molecule has 0 saturated heterocycles. The third-order valence-corrected chi connectivity index (χ3v) is 2.34. The van der Waals surface area contributed by atoms with Crippen LogP contribution in [0.2, 0.25) is 0 Å². The molecule has 1 amide bonds. The smallest absolute Gasteiger partial charge is 0.409 e. The van der Waals surface area contributed by atoms with Crippen LogP contribution in [0.3, 0.4) is 0 Å².